The average Bonchev–Trinajstić information content (AvgIpc) is 3.05. The number of para-hydroxylation sites is 1. The lowest BCUT2D eigenvalue weighted by atomic mass is 10.1. The van der Waals surface area contributed by atoms with Gasteiger partial charge in [-0.2, -0.15) is 0 Å². The van der Waals surface area contributed by atoms with Crippen LogP contribution in [-0.4, -0.2) is 25.9 Å². The molecule has 0 radical (unpaired) electrons. The molecule has 0 saturated carbocycles. The van der Waals surface area contributed by atoms with Crippen LogP contribution in [0.2, 0.25) is 0 Å². The molecule has 0 spiro atoms. The molecule has 1 aliphatic heterocycles. The first-order valence-electron chi connectivity index (χ1n) is 7.13. The van der Waals surface area contributed by atoms with Gasteiger partial charge in [-0.3, -0.25) is 0 Å². The van der Waals surface area contributed by atoms with Crippen molar-refractivity contribution in [2.24, 2.45) is 0 Å². The summed E-state index contributed by atoms with van der Waals surface area (Å²) in [7, 11) is 1.66. The highest BCUT2D eigenvalue weighted by atomic mass is 16.5. The molecule has 2 heterocycles. The monoisotopic (exact) mass is 275 g/mol. The number of hydrogen-bond acceptors (Lipinski definition) is 4. The predicted octanol–water partition coefficient (Wildman–Crippen LogP) is 3.27. The van der Waals surface area contributed by atoms with Crippen LogP contribution >= 0.6 is 0 Å². The zero-order chi connectivity index (χ0) is 14.1. The Morgan fingerprint density at radius 1 is 1.40 bits per heavy atom. The Hall–Kier alpha value is -1.52. The molecule has 1 aromatic heterocycles. The third kappa shape index (κ3) is 2.41. The summed E-state index contributed by atoms with van der Waals surface area (Å²) in [4.78, 5) is 0. The fraction of sp³-hybridized carbons (Fsp3) is 0.500. The van der Waals surface area contributed by atoms with Crippen molar-refractivity contribution >= 4 is 11.0 Å². The first-order valence-corrected chi connectivity index (χ1v) is 7.13. The molecule has 4 nitrogen and oxygen atoms in total. The lowest BCUT2D eigenvalue weighted by Crippen LogP contribution is -2.36. The van der Waals surface area contributed by atoms with Crippen LogP contribution in [-0.2, 0) is 4.74 Å². The molecule has 3 atom stereocenters. The van der Waals surface area contributed by atoms with E-state index in [0.29, 0.717) is 6.04 Å². The number of nitrogens with one attached hydrogen (secondary N) is 1. The number of ether oxygens (including phenoxy) is 2. The van der Waals surface area contributed by atoms with E-state index >= 15 is 0 Å². The van der Waals surface area contributed by atoms with E-state index in [4.69, 9.17) is 13.9 Å². The predicted molar refractivity (Wildman–Crippen MR) is 78.1 cm³/mol. The molecular formula is C16H21NO3. The van der Waals surface area contributed by atoms with Gasteiger partial charge in [0.1, 0.15) is 5.76 Å². The Bertz CT molecular complexity index is 592. The van der Waals surface area contributed by atoms with Crippen molar-refractivity contribution in [1.82, 2.24) is 5.32 Å². The summed E-state index contributed by atoms with van der Waals surface area (Å²) >= 11 is 0. The van der Waals surface area contributed by atoms with E-state index in [2.05, 4.69) is 25.2 Å². The highest BCUT2D eigenvalue weighted by Gasteiger charge is 2.26. The second kappa shape index (κ2) is 5.46. The minimum Gasteiger partial charge on any atom is -0.493 e. The Morgan fingerprint density at radius 2 is 2.25 bits per heavy atom. The molecule has 108 valence electrons. The maximum Gasteiger partial charge on any atom is 0.176 e. The molecule has 4 heteroatoms. The highest BCUT2D eigenvalue weighted by Crippen LogP contribution is 2.31. The molecule has 1 N–H and O–H groups in total. The summed E-state index contributed by atoms with van der Waals surface area (Å²) in [6.07, 6.45) is 1.31. The van der Waals surface area contributed by atoms with Crippen molar-refractivity contribution in [2.45, 2.75) is 38.5 Å². The molecule has 0 aliphatic carbocycles. The summed E-state index contributed by atoms with van der Waals surface area (Å²) < 4.78 is 16.9. The van der Waals surface area contributed by atoms with Crippen LogP contribution in [0.15, 0.2) is 28.7 Å². The minimum atomic E-state index is 0.154. The number of furan rings is 1. The molecule has 1 aliphatic rings. The average molecular weight is 275 g/mol. The van der Waals surface area contributed by atoms with Gasteiger partial charge in [-0.05, 0) is 32.4 Å². The van der Waals surface area contributed by atoms with E-state index in [0.717, 1.165) is 35.5 Å². The first-order chi connectivity index (χ1) is 9.69. The van der Waals surface area contributed by atoms with Crippen LogP contribution < -0.4 is 10.1 Å². The van der Waals surface area contributed by atoms with Crippen molar-refractivity contribution in [2.75, 3.05) is 13.7 Å². The van der Waals surface area contributed by atoms with Crippen LogP contribution in [0, 0.1) is 0 Å². The smallest absolute Gasteiger partial charge is 0.176 e. The molecule has 1 fully saturated rings. The zero-order valence-electron chi connectivity index (χ0n) is 12.2. The number of benzene rings is 1. The highest BCUT2D eigenvalue weighted by molar-refractivity contribution is 5.83. The largest absolute Gasteiger partial charge is 0.493 e. The molecule has 20 heavy (non-hydrogen) atoms. The summed E-state index contributed by atoms with van der Waals surface area (Å²) in [5, 5.41) is 4.66. The lowest BCUT2D eigenvalue weighted by Gasteiger charge is -2.20. The summed E-state index contributed by atoms with van der Waals surface area (Å²) in [6, 6.07) is 8.56. The lowest BCUT2D eigenvalue weighted by molar-refractivity contribution is 0.110. The number of fused-ring (bicyclic) bond motifs is 1. The van der Waals surface area contributed by atoms with Crippen molar-refractivity contribution in [3.05, 3.63) is 30.0 Å². The molecule has 3 rings (SSSR count). The van der Waals surface area contributed by atoms with E-state index in [-0.39, 0.29) is 12.1 Å². The second-order valence-corrected chi connectivity index (χ2v) is 5.39. The van der Waals surface area contributed by atoms with E-state index in [1.807, 2.05) is 18.2 Å². The Kier molecular flexibility index (Phi) is 3.68. The van der Waals surface area contributed by atoms with Gasteiger partial charge in [-0.15, -0.1) is 0 Å². The summed E-state index contributed by atoms with van der Waals surface area (Å²) in [6.45, 7) is 5.06. The topological polar surface area (TPSA) is 43.6 Å². The van der Waals surface area contributed by atoms with Crippen LogP contribution in [0.5, 0.6) is 5.75 Å². The van der Waals surface area contributed by atoms with E-state index in [9.17, 15) is 0 Å². The standard InChI is InChI=1S/C16H21NO3/c1-10(17-13-7-8-19-11(13)2)15-9-12-5-4-6-14(18-3)16(12)20-15/h4-6,9-11,13,17H,7-8H2,1-3H3. The maximum absolute atomic E-state index is 5.97. The minimum absolute atomic E-state index is 0.154. The fourth-order valence-corrected chi connectivity index (χ4v) is 2.78. The van der Waals surface area contributed by atoms with Crippen molar-refractivity contribution in [1.29, 1.82) is 0 Å². The molecule has 0 amide bonds. The summed E-state index contributed by atoms with van der Waals surface area (Å²) in [5.41, 5.74) is 0.814. The van der Waals surface area contributed by atoms with Gasteiger partial charge in [0.2, 0.25) is 0 Å². The Labute approximate surface area is 119 Å². The SMILES string of the molecule is COc1cccc2cc(C(C)NC3CCOC3C)oc12. The molecule has 1 saturated heterocycles. The van der Waals surface area contributed by atoms with Crippen molar-refractivity contribution in [3.63, 3.8) is 0 Å². The Balaban J connectivity index is 1.82. The van der Waals surface area contributed by atoms with E-state index in [1.165, 1.54) is 0 Å². The van der Waals surface area contributed by atoms with E-state index < -0.39 is 0 Å². The van der Waals surface area contributed by atoms with Gasteiger partial charge in [0, 0.05) is 18.0 Å². The van der Waals surface area contributed by atoms with Crippen LogP contribution in [0.3, 0.4) is 0 Å². The molecule has 1 aromatic carbocycles. The van der Waals surface area contributed by atoms with Gasteiger partial charge in [-0.25, -0.2) is 0 Å². The van der Waals surface area contributed by atoms with Crippen LogP contribution in [0.4, 0.5) is 0 Å². The van der Waals surface area contributed by atoms with Gasteiger partial charge in [0.25, 0.3) is 0 Å². The van der Waals surface area contributed by atoms with Crippen molar-refractivity contribution in [3.8, 4) is 5.75 Å². The van der Waals surface area contributed by atoms with Gasteiger partial charge in [0.15, 0.2) is 11.3 Å². The summed E-state index contributed by atoms with van der Waals surface area (Å²) in [5.74, 6) is 1.71. The molecule has 0 bridgehead atoms. The van der Waals surface area contributed by atoms with Gasteiger partial charge in [-0.1, -0.05) is 12.1 Å². The van der Waals surface area contributed by atoms with E-state index in [1.54, 1.807) is 7.11 Å². The van der Waals surface area contributed by atoms with Gasteiger partial charge < -0.3 is 19.2 Å². The first kappa shape index (κ1) is 13.5. The third-order valence-corrected chi connectivity index (χ3v) is 4.01. The second-order valence-electron chi connectivity index (χ2n) is 5.39. The molecule has 3 unspecified atom stereocenters. The molecular weight excluding hydrogens is 254 g/mol. The van der Waals surface area contributed by atoms with Gasteiger partial charge in [0.05, 0.1) is 19.3 Å². The van der Waals surface area contributed by atoms with Crippen LogP contribution in [0.1, 0.15) is 32.1 Å². The quantitative estimate of drug-likeness (QED) is 0.930. The van der Waals surface area contributed by atoms with Crippen molar-refractivity contribution < 1.29 is 13.9 Å². The molecule has 2 aromatic rings. The fourth-order valence-electron chi connectivity index (χ4n) is 2.78. The third-order valence-electron chi connectivity index (χ3n) is 4.01. The normalized spacial score (nSPS) is 24.1. The van der Waals surface area contributed by atoms with Crippen LogP contribution in [0.25, 0.3) is 11.0 Å². The van der Waals surface area contributed by atoms with Gasteiger partial charge >= 0.3 is 0 Å². The maximum atomic E-state index is 5.97. The number of rotatable bonds is 4. The number of methoxy groups -OCH3 is 1. The Morgan fingerprint density at radius 3 is 2.95 bits per heavy atom. The number of hydrogen-bond donors (Lipinski definition) is 1. The zero-order valence-corrected chi connectivity index (χ0v) is 12.2.